The summed E-state index contributed by atoms with van der Waals surface area (Å²) < 4.78 is 323. The third kappa shape index (κ3) is 18.6. The molecule has 5 nitrogen and oxygen atoms in total. The molecule has 0 fully saturated rings. The van der Waals surface area contributed by atoms with Gasteiger partial charge in [-0.3, -0.25) is 0 Å². The van der Waals surface area contributed by atoms with Gasteiger partial charge < -0.3 is 0 Å². The quantitative estimate of drug-likeness (QED) is 0.163. The molecular formula is AsF26O5Te5-. The molecule has 0 radical (unpaired) electrons. The first kappa shape index (κ1) is 39.5. The summed E-state index contributed by atoms with van der Waals surface area (Å²) in [6.45, 7) is 0. The van der Waals surface area contributed by atoms with Crippen molar-refractivity contribution in [1.82, 2.24) is 0 Å². The van der Waals surface area contributed by atoms with Crippen molar-refractivity contribution in [3.63, 3.8) is 0 Å². The third-order valence-corrected chi connectivity index (χ3v) is 50.7. The van der Waals surface area contributed by atoms with Crippen molar-refractivity contribution >= 4 is 107 Å². The van der Waals surface area contributed by atoms with Crippen LogP contribution in [-0.4, -0.2) is 107 Å². The number of halogens is 26. The first-order valence-electron chi connectivity index (χ1n) is 5.77. The van der Waals surface area contributed by atoms with Crippen molar-refractivity contribution < 1.29 is 86.2 Å². The standard InChI is InChI=1S/AsF26O5Te5/c2-1(28-33(3,4,5,6)7,29-34(8,9,10,11)12,30-35(13,14,15,16)17,31-36(18,19,20,21)22)32-37(23,24,25,26)27/q-1. The fourth-order valence-electron chi connectivity index (χ4n) is 1.54. The van der Waals surface area contributed by atoms with Gasteiger partial charge in [-0.2, -0.15) is 0 Å². The van der Waals surface area contributed by atoms with Crippen LogP contribution in [-0.2, 0) is 10.5 Å². The van der Waals surface area contributed by atoms with E-state index in [9.17, 15) is 75.8 Å². The summed E-state index contributed by atoms with van der Waals surface area (Å²) in [6, 6.07) is 0. The molecule has 0 atom stereocenters. The van der Waals surface area contributed by atoms with Crippen LogP contribution in [0.5, 0.6) is 0 Å². The molecule has 0 rings (SSSR count). The molecule has 0 spiro atoms. The number of hydrogen-bond donors (Lipinski definition) is 0. The molecule has 0 saturated carbocycles. The molecule has 37 heavy (non-hydrogen) atoms. The van der Waals surface area contributed by atoms with Crippen molar-refractivity contribution in [2.45, 2.75) is 0 Å². The molecule has 0 aliphatic rings. The van der Waals surface area contributed by atoms with Crippen molar-refractivity contribution in [3.05, 3.63) is 0 Å². The Morgan fingerprint density at radius 1 is 0.243 bits per heavy atom. The van der Waals surface area contributed by atoms with E-state index in [1.54, 1.807) is 0 Å². The van der Waals surface area contributed by atoms with Crippen molar-refractivity contribution in [1.29, 1.82) is 0 Å². The normalized spacial score (nSPS) is 27.1. The van der Waals surface area contributed by atoms with Crippen LogP contribution in [0.1, 0.15) is 0 Å². The topological polar surface area (TPSA) is 46.2 Å². The van der Waals surface area contributed by atoms with Gasteiger partial charge in [-0.1, -0.05) is 0 Å². The molecule has 0 amide bonds. The van der Waals surface area contributed by atoms with Gasteiger partial charge in [-0.05, 0) is 0 Å². The predicted molar refractivity (Wildman–Crippen MR) is 68.8 cm³/mol. The number of hydrogen-bond acceptors (Lipinski definition) is 5. The molecule has 0 aromatic carbocycles. The van der Waals surface area contributed by atoms with Crippen LogP contribution >= 0.6 is 0 Å². The first-order chi connectivity index (χ1) is 13.5. The van der Waals surface area contributed by atoms with Crippen molar-refractivity contribution in [2.75, 3.05) is 0 Å². The second-order valence-corrected chi connectivity index (χ2v) is 48.8. The van der Waals surface area contributed by atoms with Gasteiger partial charge in [0.05, 0.1) is 0 Å². The summed E-state index contributed by atoms with van der Waals surface area (Å²) in [7, 11) is 0. The van der Waals surface area contributed by atoms with E-state index >= 15 is 0 Å². The minimum absolute atomic E-state index is 0.732. The third-order valence-electron chi connectivity index (χ3n) is 1.45. The zero-order valence-corrected chi connectivity index (χ0v) is 27.9. The first-order valence-corrected chi connectivity index (χ1v) is 37.1. The van der Waals surface area contributed by atoms with E-state index in [1.807, 2.05) is 0 Å². The monoisotopic (exact) mass is 1300 g/mol. The van der Waals surface area contributed by atoms with E-state index in [0.717, 1.165) is 0 Å². The van der Waals surface area contributed by atoms with Gasteiger partial charge in [0.1, 0.15) is 0 Å². The summed E-state index contributed by atoms with van der Waals surface area (Å²) in [5.74, 6) is 0. The molecule has 0 N–H and O–H groups in total. The van der Waals surface area contributed by atoms with Crippen LogP contribution in [0.25, 0.3) is 0 Å². The van der Waals surface area contributed by atoms with E-state index in [1.165, 1.54) is 0 Å². The summed E-state index contributed by atoms with van der Waals surface area (Å²) in [4.78, 5) is 0. The molecule has 0 aromatic rings. The molecule has 0 aliphatic carbocycles. The van der Waals surface area contributed by atoms with E-state index in [-0.39, 0.29) is 0 Å². The zero-order valence-electron chi connectivity index (χ0n) is 14.4. The Morgan fingerprint density at radius 2 is 0.324 bits per heavy atom. The van der Waals surface area contributed by atoms with E-state index in [0.29, 0.717) is 0 Å². The molecule has 0 aromatic heterocycles. The van der Waals surface area contributed by atoms with Gasteiger partial charge in [0, 0.05) is 0 Å². The molecule has 0 bridgehead atoms. The molecule has 37 heteroatoms. The summed E-state index contributed by atoms with van der Waals surface area (Å²) in [6.07, 6.45) is 0. The van der Waals surface area contributed by atoms with Gasteiger partial charge in [0.25, 0.3) is 0 Å². The van der Waals surface area contributed by atoms with Crippen LogP contribution in [0.4, 0.5) is 75.8 Å². The second-order valence-electron chi connectivity index (χ2n) is 5.95. The van der Waals surface area contributed by atoms with Crippen LogP contribution in [0, 0.1) is 0 Å². The van der Waals surface area contributed by atoms with E-state index in [4.69, 9.17) is 0 Å². The Balaban J connectivity index is 9.32. The predicted octanol–water partition coefficient (Wildman–Crippen LogP) is 8.30. The molecular weight excluding hydrogens is 1290 g/mol. The van der Waals surface area contributed by atoms with E-state index < -0.39 is 117 Å². The van der Waals surface area contributed by atoms with Crippen LogP contribution in [0.15, 0.2) is 0 Å². The Labute approximate surface area is 191 Å². The van der Waals surface area contributed by atoms with Gasteiger partial charge in [-0.25, -0.2) is 0 Å². The average molecular weight is 1290 g/mol. The van der Waals surface area contributed by atoms with Crippen molar-refractivity contribution in [2.24, 2.45) is 0 Å². The maximum atomic E-state index is 14.8. The van der Waals surface area contributed by atoms with Gasteiger partial charge >= 0.3 is 193 Å². The fraction of sp³-hybridized carbons (Fsp3) is 0. The molecule has 0 saturated heterocycles. The maximum absolute atomic E-state index is 17.3. The summed E-state index contributed by atoms with van der Waals surface area (Å²) in [5.41, 5.74) is 0. The minimum atomic E-state index is -17.3. The molecule has 0 aliphatic heterocycles. The van der Waals surface area contributed by atoms with Crippen molar-refractivity contribution in [3.8, 4) is 0 Å². The van der Waals surface area contributed by atoms with Crippen LogP contribution in [0.3, 0.4) is 0 Å². The van der Waals surface area contributed by atoms with E-state index in [2.05, 4.69) is 0 Å². The van der Waals surface area contributed by atoms with Crippen LogP contribution in [0.2, 0.25) is 0 Å². The SMILES string of the molecule is F[As-](O[Te](F)(F)(F)(F)F)(O[Te](F)(F)(F)(F)F)(O[Te](F)(F)(F)(F)F)(O[Te](F)(F)(F)(F)F)O[Te](F)(F)(F)(F)F. The van der Waals surface area contributed by atoms with Crippen LogP contribution < -0.4 is 0 Å². The Bertz CT molecular complexity index is 841. The molecule has 0 unspecified atom stereocenters. The second kappa shape index (κ2) is 5.69. The van der Waals surface area contributed by atoms with Gasteiger partial charge in [-0.15, -0.1) is 0 Å². The molecule has 248 valence electrons. The van der Waals surface area contributed by atoms with Gasteiger partial charge in [0.2, 0.25) is 0 Å². The zero-order chi connectivity index (χ0) is 32.0. The summed E-state index contributed by atoms with van der Waals surface area (Å²) >= 11 is -95.3. The Morgan fingerprint density at radius 3 is 0.378 bits per heavy atom. The molecule has 0 heterocycles. The number of rotatable bonds is 10. The Hall–Kier alpha value is 2.49. The summed E-state index contributed by atoms with van der Waals surface area (Å²) in [5, 5.41) is 0. The Kier molecular flexibility index (Phi) is 6.07. The average Bonchev–Trinajstić information content (AvgIpc) is 1.73. The van der Waals surface area contributed by atoms with Gasteiger partial charge in [0.15, 0.2) is 0 Å². The fourth-order valence-corrected chi connectivity index (χ4v) is 78.4.